The van der Waals surface area contributed by atoms with Gasteiger partial charge < -0.3 is 19.5 Å². The minimum Gasteiger partial charge on any atom is -0.497 e. The van der Waals surface area contributed by atoms with Gasteiger partial charge in [-0.1, -0.05) is 24.3 Å². The summed E-state index contributed by atoms with van der Waals surface area (Å²) in [6.45, 7) is 7.14. The highest BCUT2D eigenvalue weighted by Crippen LogP contribution is 2.40. The second-order valence-corrected chi connectivity index (χ2v) is 8.55. The number of hydrogen-bond donors (Lipinski definition) is 1. The van der Waals surface area contributed by atoms with Gasteiger partial charge in [0.25, 0.3) is 0 Å². The van der Waals surface area contributed by atoms with Crippen LogP contribution in [0.3, 0.4) is 0 Å². The molecule has 1 heterocycles. The summed E-state index contributed by atoms with van der Waals surface area (Å²) >= 11 is 0. The third-order valence-corrected chi connectivity index (χ3v) is 5.97. The lowest BCUT2D eigenvalue weighted by Gasteiger charge is -2.39. The quantitative estimate of drug-likeness (QED) is 0.593. The van der Waals surface area contributed by atoms with Crippen molar-refractivity contribution in [1.29, 1.82) is 0 Å². The fourth-order valence-corrected chi connectivity index (χ4v) is 4.38. The van der Waals surface area contributed by atoms with Crippen LogP contribution in [0.5, 0.6) is 11.5 Å². The average Bonchev–Trinajstić information content (AvgIpc) is 2.73. The van der Waals surface area contributed by atoms with Crippen LogP contribution in [0.15, 0.2) is 48.5 Å². The van der Waals surface area contributed by atoms with Crippen molar-refractivity contribution in [3.05, 3.63) is 59.7 Å². The molecule has 0 radical (unpaired) electrons. The fourth-order valence-electron chi connectivity index (χ4n) is 4.38. The van der Waals surface area contributed by atoms with Crippen molar-refractivity contribution in [3.8, 4) is 11.5 Å². The highest BCUT2D eigenvalue weighted by molar-refractivity contribution is 5.30. The molecule has 1 aliphatic rings. The zero-order valence-electron chi connectivity index (χ0n) is 18.2. The van der Waals surface area contributed by atoms with Crippen molar-refractivity contribution in [2.45, 2.75) is 51.2 Å². The number of benzene rings is 2. The molecule has 0 aromatic heterocycles. The zero-order valence-corrected chi connectivity index (χ0v) is 18.2. The van der Waals surface area contributed by atoms with Crippen LogP contribution in [0.4, 0.5) is 0 Å². The number of ether oxygens (including phenoxy) is 3. The molecule has 0 unspecified atom stereocenters. The lowest BCUT2D eigenvalue weighted by Crippen LogP contribution is -2.36. The molecule has 4 heteroatoms. The monoisotopic (exact) mass is 397 g/mol. The third-order valence-electron chi connectivity index (χ3n) is 5.97. The predicted molar refractivity (Wildman–Crippen MR) is 118 cm³/mol. The lowest BCUT2D eigenvalue weighted by atomic mass is 9.75. The summed E-state index contributed by atoms with van der Waals surface area (Å²) in [5.41, 5.74) is 2.64. The van der Waals surface area contributed by atoms with Gasteiger partial charge in [0.2, 0.25) is 0 Å². The summed E-state index contributed by atoms with van der Waals surface area (Å²) in [6, 6.07) is 16.9. The first-order chi connectivity index (χ1) is 14.0. The zero-order chi connectivity index (χ0) is 20.7. The number of methoxy groups -OCH3 is 2. The van der Waals surface area contributed by atoms with Gasteiger partial charge in [-0.05, 0) is 86.9 Å². The minimum absolute atomic E-state index is 0.0375. The third kappa shape index (κ3) is 6.22. The molecule has 0 bridgehead atoms. The van der Waals surface area contributed by atoms with Gasteiger partial charge >= 0.3 is 0 Å². The normalized spacial score (nSPS) is 19.5. The Morgan fingerprint density at radius 2 is 1.62 bits per heavy atom. The maximum atomic E-state index is 5.97. The maximum Gasteiger partial charge on any atom is 0.118 e. The first-order valence-electron chi connectivity index (χ1n) is 10.6. The summed E-state index contributed by atoms with van der Waals surface area (Å²) in [5, 5.41) is 3.63. The van der Waals surface area contributed by atoms with Crippen molar-refractivity contribution < 1.29 is 14.2 Å². The molecule has 2 aromatic carbocycles. The van der Waals surface area contributed by atoms with E-state index in [0.29, 0.717) is 11.8 Å². The number of nitrogens with one attached hydrogen (secondary N) is 1. The number of rotatable bonds is 9. The van der Waals surface area contributed by atoms with Gasteiger partial charge in [-0.15, -0.1) is 0 Å². The molecule has 29 heavy (non-hydrogen) atoms. The van der Waals surface area contributed by atoms with E-state index in [1.54, 1.807) is 14.2 Å². The molecule has 0 saturated carbocycles. The van der Waals surface area contributed by atoms with E-state index in [1.165, 1.54) is 11.1 Å². The van der Waals surface area contributed by atoms with Gasteiger partial charge in [0, 0.05) is 13.2 Å². The molecule has 4 nitrogen and oxygen atoms in total. The highest BCUT2D eigenvalue weighted by Gasteiger charge is 2.33. The first kappa shape index (κ1) is 21.7. The van der Waals surface area contributed by atoms with Crippen LogP contribution in [0.2, 0.25) is 0 Å². The van der Waals surface area contributed by atoms with E-state index in [4.69, 9.17) is 14.2 Å². The SMILES string of the molecule is COc1ccc(CNCC[C@@H](c2ccc(OC)cc2)[C@@H]2CCOC(C)(C)C2)cc1. The van der Waals surface area contributed by atoms with E-state index in [1.807, 2.05) is 12.1 Å². The lowest BCUT2D eigenvalue weighted by molar-refractivity contribution is -0.0771. The summed E-state index contributed by atoms with van der Waals surface area (Å²) in [5.74, 6) is 2.97. The number of hydrogen-bond acceptors (Lipinski definition) is 4. The van der Waals surface area contributed by atoms with E-state index in [9.17, 15) is 0 Å². The Morgan fingerprint density at radius 1 is 1.00 bits per heavy atom. The Bertz CT molecular complexity index is 740. The van der Waals surface area contributed by atoms with Crippen molar-refractivity contribution in [1.82, 2.24) is 5.32 Å². The van der Waals surface area contributed by atoms with E-state index in [-0.39, 0.29) is 5.60 Å². The second kappa shape index (κ2) is 10.1. The van der Waals surface area contributed by atoms with Crippen LogP contribution in [0, 0.1) is 5.92 Å². The van der Waals surface area contributed by atoms with Crippen LogP contribution < -0.4 is 14.8 Å². The fraction of sp³-hybridized carbons (Fsp3) is 0.520. The van der Waals surface area contributed by atoms with Crippen molar-refractivity contribution in [2.24, 2.45) is 5.92 Å². The van der Waals surface area contributed by atoms with Crippen molar-refractivity contribution >= 4 is 0 Å². The minimum atomic E-state index is -0.0375. The van der Waals surface area contributed by atoms with Crippen LogP contribution >= 0.6 is 0 Å². The largest absolute Gasteiger partial charge is 0.497 e. The summed E-state index contributed by atoms with van der Waals surface area (Å²) in [4.78, 5) is 0. The van der Waals surface area contributed by atoms with Gasteiger partial charge in [0.05, 0.1) is 19.8 Å². The maximum absolute atomic E-state index is 5.97. The molecule has 0 amide bonds. The second-order valence-electron chi connectivity index (χ2n) is 8.55. The first-order valence-corrected chi connectivity index (χ1v) is 10.6. The molecule has 0 spiro atoms. The van der Waals surface area contributed by atoms with Gasteiger partial charge in [-0.3, -0.25) is 0 Å². The van der Waals surface area contributed by atoms with E-state index in [0.717, 1.165) is 50.5 Å². The van der Waals surface area contributed by atoms with E-state index >= 15 is 0 Å². The molecule has 158 valence electrons. The molecule has 2 atom stereocenters. The Labute approximate surface area is 175 Å². The molecule has 2 aromatic rings. The summed E-state index contributed by atoms with van der Waals surface area (Å²) in [6.07, 6.45) is 3.34. The smallest absolute Gasteiger partial charge is 0.118 e. The van der Waals surface area contributed by atoms with Gasteiger partial charge in [-0.2, -0.15) is 0 Å². The van der Waals surface area contributed by atoms with Gasteiger partial charge in [-0.25, -0.2) is 0 Å². The topological polar surface area (TPSA) is 39.7 Å². The van der Waals surface area contributed by atoms with Gasteiger partial charge in [0.15, 0.2) is 0 Å². The summed E-state index contributed by atoms with van der Waals surface area (Å²) in [7, 11) is 3.42. The molecule has 1 N–H and O–H groups in total. The molecule has 1 saturated heterocycles. The standard InChI is InChI=1S/C25H35NO3/c1-25(2)17-21(14-16-29-25)24(20-7-11-23(28-4)12-8-20)13-15-26-18-19-5-9-22(27-3)10-6-19/h5-12,21,24,26H,13-18H2,1-4H3/t21-,24+/m1/s1. The van der Waals surface area contributed by atoms with Crippen LogP contribution in [-0.2, 0) is 11.3 Å². The van der Waals surface area contributed by atoms with Crippen LogP contribution in [-0.4, -0.2) is 33.0 Å². The molecule has 1 fully saturated rings. The Kier molecular flexibility index (Phi) is 7.57. The van der Waals surface area contributed by atoms with E-state index < -0.39 is 0 Å². The highest BCUT2D eigenvalue weighted by atomic mass is 16.5. The molecule has 0 aliphatic carbocycles. The predicted octanol–water partition coefficient (Wildman–Crippen LogP) is 5.17. The molecule has 1 aliphatic heterocycles. The van der Waals surface area contributed by atoms with Crippen LogP contribution in [0.1, 0.15) is 50.2 Å². The van der Waals surface area contributed by atoms with E-state index in [2.05, 4.69) is 55.6 Å². The Morgan fingerprint density at radius 3 is 2.21 bits per heavy atom. The van der Waals surface area contributed by atoms with Crippen molar-refractivity contribution in [2.75, 3.05) is 27.4 Å². The van der Waals surface area contributed by atoms with Crippen molar-refractivity contribution in [3.63, 3.8) is 0 Å². The van der Waals surface area contributed by atoms with Crippen LogP contribution in [0.25, 0.3) is 0 Å². The molecule has 3 rings (SSSR count). The molecular formula is C25H35NO3. The Hall–Kier alpha value is -2.04. The average molecular weight is 398 g/mol. The molecular weight excluding hydrogens is 362 g/mol. The summed E-state index contributed by atoms with van der Waals surface area (Å²) < 4.78 is 16.6. The van der Waals surface area contributed by atoms with Gasteiger partial charge in [0.1, 0.15) is 11.5 Å². The Balaban J connectivity index is 1.62.